The van der Waals surface area contributed by atoms with Gasteiger partial charge in [0.05, 0.1) is 18.4 Å². The number of aryl methyl sites for hydroxylation is 1. The Morgan fingerprint density at radius 2 is 1.81 bits per heavy atom. The molecule has 0 spiro atoms. The second-order valence-corrected chi connectivity index (χ2v) is 7.81. The van der Waals surface area contributed by atoms with Gasteiger partial charge in [-0.05, 0) is 31.5 Å². The number of aromatic nitrogens is 4. The molecular weight excluding hydrogens is 386 g/mol. The molecule has 31 heavy (non-hydrogen) atoms. The second kappa shape index (κ2) is 8.24. The van der Waals surface area contributed by atoms with Crippen LogP contribution < -0.4 is 5.32 Å². The first-order valence-electron chi connectivity index (χ1n) is 10.5. The molecule has 0 saturated heterocycles. The minimum Gasteiger partial charge on any atom is -0.454 e. The first-order chi connectivity index (χ1) is 15.2. The molecule has 6 nitrogen and oxygen atoms in total. The topological polar surface area (TPSA) is 71.7 Å². The summed E-state index contributed by atoms with van der Waals surface area (Å²) in [7, 11) is 0. The van der Waals surface area contributed by atoms with Crippen LogP contribution in [-0.4, -0.2) is 20.0 Å². The smallest absolute Gasteiger partial charge is 0.153 e. The lowest BCUT2D eigenvalue weighted by atomic mass is 10.1. The lowest BCUT2D eigenvalue weighted by Crippen LogP contribution is -2.14. The summed E-state index contributed by atoms with van der Waals surface area (Å²) in [5.41, 5.74) is 7.61. The Hall–Kier alpha value is -3.64. The van der Waals surface area contributed by atoms with Crippen LogP contribution in [0.2, 0.25) is 0 Å². The molecule has 5 aromatic rings. The van der Waals surface area contributed by atoms with Crippen molar-refractivity contribution in [3.05, 3.63) is 94.9 Å². The van der Waals surface area contributed by atoms with E-state index in [1.54, 1.807) is 0 Å². The maximum absolute atomic E-state index is 6.00. The number of hydrogen-bond acceptors (Lipinski definition) is 4. The molecular formula is C25H25N5O. The van der Waals surface area contributed by atoms with Gasteiger partial charge < -0.3 is 9.73 Å². The number of aromatic amines is 1. The van der Waals surface area contributed by atoms with Gasteiger partial charge in [-0.1, -0.05) is 48.5 Å². The van der Waals surface area contributed by atoms with E-state index in [0.29, 0.717) is 6.54 Å². The Kier molecular flexibility index (Phi) is 5.14. The highest BCUT2D eigenvalue weighted by Crippen LogP contribution is 2.28. The van der Waals surface area contributed by atoms with E-state index in [1.807, 2.05) is 36.5 Å². The normalized spacial score (nSPS) is 11.4. The zero-order chi connectivity index (χ0) is 21.2. The molecule has 0 amide bonds. The van der Waals surface area contributed by atoms with Gasteiger partial charge in [0.15, 0.2) is 5.76 Å². The number of furan rings is 1. The molecule has 0 aliphatic heterocycles. The third-order valence-corrected chi connectivity index (χ3v) is 5.71. The lowest BCUT2D eigenvalue weighted by Gasteiger charge is -2.07. The van der Waals surface area contributed by atoms with Gasteiger partial charge in [-0.2, -0.15) is 10.2 Å². The zero-order valence-electron chi connectivity index (χ0n) is 17.7. The van der Waals surface area contributed by atoms with Crippen molar-refractivity contribution >= 4 is 11.0 Å². The van der Waals surface area contributed by atoms with Crippen molar-refractivity contribution in [3.63, 3.8) is 0 Å². The van der Waals surface area contributed by atoms with Crippen molar-refractivity contribution in [1.82, 2.24) is 25.3 Å². The molecule has 0 fully saturated rings. The highest BCUT2D eigenvalue weighted by molar-refractivity contribution is 5.82. The number of rotatable bonds is 7. The summed E-state index contributed by atoms with van der Waals surface area (Å²) < 4.78 is 8.09. The van der Waals surface area contributed by atoms with Crippen LogP contribution in [0, 0.1) is 13.8 Å². The quantitative estimate of drug-likeness (QED) is 0.396. The molecule has 5 rings (SSSR count). The van der Waals surface area contributed by atoms with E-state index in [0.717, 1.165) is 46.8 Å². The predicted octanol–water partition coefficient (Wildman–Crippen LogP) is 4.97. The summed E-state index contributed by atoms with van der Waals surface area (Å²) in [6.45, 7) is 6.43. The molecule has 156 valence electrons. The zero-order valence-corrected chi connectivity index (χ0v) is 17.7. The first kappa shape index (κ1) is 19.3. The Bertz CT molecular complexity index is 1280. The van der Waals surface area contributed by atoms with Crippen molar-refractivity contribution in [3.8, 4) is 11.5 Å². The maximum Gasteiger partial charge on any atom is 0.153 e. The molecule has 0 saturated carbocycles. The minimum absolute atomic E-state index is 0.686. The number of H-pyrrole nitrogens is 1. The minimum atomic E-state index is 0.686. The fraction of sp³-hybridized carbons (Fsp3) is 0.200. The highest BCUT2D eigenvalue weighted by Gasteiger charge is 2.15. The number of nitrogens with zero attached hydrogens (tertiary/aromatic N) is 3. The summed E-state index contributed by atoms with van der Waals surface area (Å²) in [4.78, 5) is 0. The molecule has 0 bridgehead atoms. The highest BCUT2D eigenvalue weighted by atomic mass is 16.3. The van der Waals surface area contributed by atoms with Crippen molar-refractivity contribution in [2.75, 3.05) is 0 Å². The molecule has 0 aliphatic carbocycles. The fourth-order valence-corrected chi connectivity index (χ4v) is 3.99. The molecule has 0 radical (unpaired) electrons. The summed E-state index contributed by atoms with van der Waals surface area (Å²) in [5, 5.41) is 16.7. The second-order valence-electron chi connectivity index (χ2n) is 7.81. The van der Waals surface area contributed by atoms with Crippen LogP contribution in [-0.2, 0) is 19.6 Å². The van der Waals surface area contributed by atoms with Gasteiger partial charge >= 0.3 is 0 Å². The lowest BCUT2D eigenvalue weighted by molar-refractivity contribution is 0.624. The van der Waals surface area contributed by atoms with E-state index in [2.05, 4.69) is 64.4 Å². The van der Waals surface area contributed by atoms with Gasteiger partial charge in [0, 0.05) is 35.3 Å². The van der Waals surface area contributed by atoms with Crippen LogP contribution in [0.25, 0.3) is 22.4 Å². The summed E-state index contributed by atoms with van der Waals surface area (Å²) in [6.07, 6.45) is 1.86. The monoisotopic (exact) mass is 411 g/mol. The number of nitrogens with one attached hydrogen (secondary N) is 2. The van der Waals surface area contributed by atoms with Crippen LogP contribution in [0.5, 0.6) is 0 Å². The van der Waals surface area contributed by atoms with Crippen LogP contribution in [0.15, 0.2) is 71.3 Å². The Balaban J connectivity index is 1.29. The summed E-state index contributed by atoms with van der Waals surface area (Å²) >= 11 is 0. The standard InChI is InChI=1S/C25H25N5O/c1-17-22(18(2)30(29-17)16-19-8-4-3-5-9-19)15-26-13-21-14-27-28-25(21)24-12-20-10-6-7-11-23(20)31-24/h3-12,14,26H,13,15-16H2,1-2H3,(H,27,28). The van der Waals surface area contributed by atoms with Crippen LogP contribution in [0.1, 0.15) is 28.1 Å². The van der Waals surface area contributed by atoms with E-state index in [9.17, 15) is 0 Å². The summed E-state index contributed by atoms with van der Waals surface area (Å²) in [6, 6.07) is 20.5. The Morgan fingerprint density at radius 3 is 2.65 bits per heavy atom. The van der Waals surface area contributed by atoms with Crippen LogP contribution >= 0.6 is 0 Å². The van der Waals surface area contributed by atoms with Crippen molar-refractivity contribution in [2.24, 2.45) is 0 Å². The van der Waals surface area contributed by atoms with Crippen molar-refractivity contribution in [2.45, 2.75) is 33.5 Å². The molecule has 6 heteroatoms. The third-order valence-electron chi connectivity index (χ3n) is 5.71. The summed E-state index contributed by atoms with van der Waals surface area (Å²) in [5.74, 6) is 0.804. The van der Waals surface area contributed by atoms with Crippen LogP contribution in [0.3, 0.4) is 0 Å². The average molecular weight is 412 g/mol. The first-order valence-corrected chi connectivity index (χ1v) is 10.5. The molecule has 0 atom stereocenters. The largest absolute Gasteiger partial charge is 0.454 e. The van der Waals surface area contributed by atoms with E-state index in [1.165, 1.54) is 16.8 Å². The predicted molar refractivity (Wildman–Crippen MR) is 122 cm³/mol. The molecule has 2 N–H and O–H groups in total. The number of para-hydroxylation sites is 1. The van der Waals surface area contributed by atoms with Crippen molar-refractivity contribution < 1.29 is 4.42 Å². The van der Waals surface area contributed by atoms with Crippen LogP contribution in [0.4, 0.5) is 0 Å². The van der Waals surface area contributed by atoms with Gasteiger partial charge in [-0.3, -0.25) is 9.78 Å². The molecule has 0 aliphatic rings. The Labute approximate surface area is 180 Å². The van der Waals surface area contributed by atoms with Crippen molar-refractivity contribution in [1.29, 1.82) is 0 Å². The Morgan fingerprint density at radius 1 is 1.00 bits per heavy atom. The van der Waals surface area contributed by atoms with E-state index in [-0.39, 0.29) is 0 Å². The van der Waals surface area contributed by atoms with Gasteiger partial charge in [0.25, 0.3) is 0 Å². The number of benzene rings is 2. The third kappa shape index (κ3) is 3.90. The fourth-order valence-electron chi connectivity index (χ4n) is 3.99. The molecule has 3 heterocycles. The molecule has 0 unspecified atom stereocenters. The van der Waals surface area contributed by atoms with Gasteiger partial charge in [-0.25, -0.2) is 0 Å². The maximum atomic E-state index is 6.00. The molecule has 2 aromatic carbocycles. The number of hydrogen-bond donors (Lipinski definition) is 2. The van der Waals surface area contributed by atoms with Gasteiger partial charge in [0.1, 0.15) is 11.3 Å². The van der Waals surface area contributed by atoms with E-state index < -0.39 is 0 Å². The van der Waals surface area contributed by atoms with E-state index >= 15 is 0 Å². The number of fused-ring (bicyclic) bond motifs is 1. The SMILES string of the molecule is Cc1nn(Cc2ccccc2)c(C)c1CNCc1cn[nH]c1-c1cc2ccccc2o1. The van der Waals surface area contributed by atoms with E-state index in [4.69, 9.17) is 9.52 Å². The van der Waals surface area contributed by atoms with Gasteiger partial charge in [-0.15, -0.1) is 0 Å². The van der Waals surface area contributed by atoms with Gasteiger partial charge in [0.2, 0.25) is 0 Å². The average Bonchev–Trinajstić information content (AvgIpc) is 3.48. The molecule has 3 aromatic heterocycles.